The first-order valence-electron chi connectivity index (χ1n) is 5.04. The predicted octanol–water partition coefficient (Wildman–Crippen LogP) is 2.77. The molecule has 1 rings (SSSR count). The van der Waals surface area contributed by atoms with E-state index in [1.807, 2.05) is 30.0 Å². The van der Waals surface area contributed by atoms with Crippen LogP contribution in [0.5, 0.6) is 0 Å². The lowest BCUT2D eigenvalue weighted by atomic mass is 10.2. The molecule has 0 bridgehead atoms. The van der Waals surface area contributed by atoms with Gasteiger partial charge in [0, 0.05) is 24.5 Å². The molecule has 3 heteroatoms. The molecule has 2 nitrogen and oxygen atoms in total. The highest BCUT2D eigenvalue weighted by Gasteiger charge is 2.04. The molecule has 0 aliphatic rings. The Morgan fingerprint density at radius 3 is 2.60 bits per heavy atom. The van der Waals surface area contributed by atoms with Crippen LogP contribution in [0.1, 0.15) is 6.42 Å². The lowest BCUT2D eigenvalue weighted by Gasteiger charge is -2.23. The minimum Gasteiger partial charge on any atom is -0.370 e. The van der Waals surface area contributed by atoms with Crippen LogP contribution in [0.2, 0.25) is 0 Å². The van der Waals surface area contributed by atoms with Gasteiger partial charge in [0.15, 0.2) is 0 Å². The Morgan fingerprint density at radius 2 is 2.00 bits per heavy atom. The lowest BCUT2D eigenvalue weighted by molar-refractivity contribution is 0.832. The van der Waals surface area contributed by atoms with Gasteiger partial charge in [0.1, 0.15) is 0 Å². The van der Waals surface area contributed by atoms with Crippen molar-refractivity contribution in [3.8, 4) is 6.07 Å². The Balaban J connectivity index is 2.59. The Bertz CT molecular complexity index is 305. The van der Waals surface area contributed by atoms with Gasteiger partial charge in [0.05, 0.1) is 12.5 Å². The summed E-state index contributed by atoms with van der Waals surface area (Å²) < 4.78 is 0. The molecule has 0 fully saturated rings. The summed E-state index contributed by atoms with van der Waals surface area (Å²) in [6.07, 6.45) is 2.69. The average molecular weight is 220 g/mol. The lowest BCUT2D eigenvalue weighted by Crippen LogP contribution is -2.26. The predicted molar refractivity (Wildman–Crippen MR) is 67.3 cm³/mol. The third kappa shape index (κ3) is 4.26. The molecule has 15 heavy (non-hydrogen) atoms. The van der Waals surface area contributed by atoms with Crippen molar-refractivity contribution in [1.29, 1.82) is 5.26 Å². The molecule has 0 aliphatic heterocycles. The number of rotatable bonds is 6. The van der Waals surface area contributed by atoms with Crippen molar-refractivity contribution in [2.45, 2.75) is 6.42 Å². The molecule has 0 N–H and O–H groups in total. The Hall–Kier alpha value is -1.14. The maximum absolute atomic E-state index is 8.61. The van der Waals surface area contributed by atoms with E-state index >= 15 is 0 Å². The van der Waals surface area contributed by atoms with Crippen LogP contribution in [0, 0.1) is 11.3 Å². The van der Waals surface area contributed by atoms with Gasteiger partial charge in [-0.1, -0.05) is 18.2 Å². The SMILES string of the molecule is CSCCN(CCC#N)c1ccccc1. The van der Waals surface area contributed by atoms with E-state index in [1.54, 1.807) is 0 Å². The first kappa shape index (κ1) is 11.9. The minimum absolute atomic E-state index is 0.587. The third-order valence-electron chi connectivity index (χ3n) is 2.18. The molecule has 0 saturated heterocycles. The maximum Gasteiger partial charge on any atom is 0.0640 e. The van der Waals surface area contributed by atoms with Crippen LogP contribution in [-0.4, -0.2) is 25.1 Å². The number of hydrogen-bond donors (Lipinski definition) is 0. The third-order valence-corrected chi connectivity index (χ3v) is 2.77. The highest BCUT2D eigenvalue weighted by molar-refractivity contribution is 7.98. The maximum atomic E-state index is 8.61. The van der Waals surface area contributed by atoms with Crippen molar-refractivity contribution >= 4 is 17.4 Å². The number of benzene rings is 1. The summed E-state index contributed by atoms with van der Waals surface area (Å²) in [4.78, 5) is 2.26. The monoisotopic (exact) mass is 220 g/mol. The van der Waals surface area contributed by atoms with E-state index in [0.29, 0.717) is 6.42 Å². The fourth-order valence-corrected chi connectivity index (χ4v) is 1.80. The zero-order valence-corrected chi connectivity index (χ0v) is 9.83. The van der Waals surface area contributed by atoms with Crippen LogP contribution in [0.4, 0.5) is 5.69 Å². The summed E-state index contributed by atoms with van der Waals surface area (Å²) in [5, 5.41) is 8.61. The van der Waals surface area contributed by atoms with Crippen molar-refractivity contribution in [3.05, 3.63) is 30.3 Å². The zero-order valence-electron chi connectivity index (χ0n) is 9.02. The van der Waals surface area contributed by atoms with E-state index in [0.717, 1.165) is 18.8 Å². The van der Waals surface area contributed by atoms with Gasteiger partial charge >= 0.3 is 0 Å². The second-order valence-corrected chi connectivity index (χ2v) is 4.21. The van der Waals surface area contributed by atoms with Crippen LogP contribution in [0.15, 0.2) is 30.3 Å². The van der Waals surface area contributed by atoms with E-state index in [1.165, 1.54) is 5.69 Å². The molecular weight excluding hydrogens is 204 g/mol. The molecule has 0 aliphatic carbocycles. The van der Waals surface area contributed by atoms with Gasteiger partial charge in [-0.25, -0.2) is 0 Å². The number of nitriles is 1. The zero-order chi connectivity index (χ0) is 10.9. The van der Waals surface area contributed by atoms with Gasteiger partial charge in [0.25, 0.3) is 0 Å². The molecule has 80 valence electrons. The first-order valence-corrected chi connectivity index (χ1v) is 6.43. The molecule has 0 heterocycles. The number of thioether (sulfide) groups is 1. The van der Waals surface area contributed by atoms with E-state index in [2.05, 4.69) is 29.4 Å². The standard InChI is InChI=1S/C12H16N2S/c1-15-11-10-14(9-5-8-13)12-6-3-2-4-7-12/h2-4,6-7H,5,9-11H2,1H3. The number of hydrogen-bond acceptors (Lipinski definition) is 3. The molecule has 1 aromatic carbocycles. The fraction of sp³-hybridized carbons (Fsp3) is 0.417. The van der Waals surface area contributed by atoms with Crippen molar-refractivity contribution < 1.29 is 0 Å². The van der Waals surface area contributed by atoms with Crippen molar-refractivity contribution in [1.82, 2.24) is 0 Å². The summed E-state index contributed by atoms with van der Waals surface area (Å²) in [5.74, 6) is 1.10. The van der Waals surface area contributed by atoms with Crippen LogP contribution in [0.25, 0.3) is 0 Å². The van der Waals surface area contributed by atoms with E-state index in [-0.39, 0.29) is 0 Å². The summed E-state index contributed by atoms with van der Waals surface area (Å²) in [7, 11) is 0. The van der Waals surface area contributed by atoms with Gasteiger partial charge < -0.3 is 4.90 Å². The minimum atomic E-state index is 0.587. The molecule has 1 aromatic rings. The highest BCUT2D eigenvalue weighted by Crippen LogP contribution is 2.13. The van der Waals surface area contributed by atoms with Gasteiger partial charge in [-0.3, -0.25) is 0 Å². The van der Waals surface area contributed by atoms with Crippen LogP contribution in [0.3, 0.4) is 0 Å². The van der Waals surface area contributed by atoms with Crippen LogP contribution >= 0.6 is 11.8 Å². The van der Waals surface area contributed by atoms with Crippen molar-refractivity contribution in [2.75, 3.05) is 30.0 Å². The molecule has 0 spiro atoms. The smallest absolute Gasteiger partial charge is 0.0640 e. The second kappa shape index (κ2) is 7.19. The van der Waals surface area contributed by atoms with Gasteiger partial charge in [-0.05, 0) is 18.4 Å². The molecule has 0 saturated carbocycles. The number of anilines is 1. The normalized spacial score (nSPS) is 9.60. The van der Waals surface area contributed by atoms with E-state index < -0.39 is 0 Å². The van der Waals surface area contributed by atoms with Crippen molar-refractivity contribution in [3.63, 3.8) is 0 Å². The fourth-order valence-electron chi connectivity index (χ4n) is 1.40. The van der Waals surface area contributed by atoms with Gasteiger partial charge in [-0.15, -0.1) is 0 Å². The number of para-hydroxylation sites is 1. The summed E-state index contributed by atoms with van der Waals surface area (Å²) >= 11 is 1.83. The van der Waals surface area contributed by atoms with Crippen LogP contribution in [-0.2, 0) is 0 Å². The first-order chi connectivity index (χ1) is 7.38. The Labute approximate surface area is 95.9 Å². The average Bonchev–Trinajstić information content (AvgIpc) is 2.30. The molecule has 0 amide bonds. The van der Waals surface area contributed by atoms with Crippen LogP contribution < -0.4 is 4.90 Å². The van der Waals surface area contributed by atoms with E-state index in [9.17, 15) is 0 Å². The van der Waals surface area contributed by atoms with E-state index in [4.69, 9.17) is 5.26 Å². The molecular formula is C12H16N2S. The van der Waals surface area contributed by atoms with Crippen molar-refractivity contribution in [2.24, 2.45) is 0 Å². The Morgan fingerprint density at radius 1 is 1.27 bits per heavy atom. The molecule has 0 radical (unpaired) electrons. The topological polar surface area (TPSA) is 27.0 Å². The summed E-state index contributed by atoms with van der Waals surface area (Å²) in [6, 6.07) is 12.5. The molecule has 0 unspecified atom stereocenters. The van der Waals surface area contributed by atoms with Gasteiger partial charge in [0.2, 0.25) is 0 Å². The molecule has 0 atom stereocenters. The van der Waals surface area contributed by atoms with Gasteiger partial charge in [-0.2, -0.15) is 17.0 Å². The number of nitrogens with zero attached hydrogens (tertiary/aromatic N) is 2. The Kier molecular flexibility index (Phi) is 5.72. The quantitative estimate of drug-likeness (QED) is 0.737. The molecule has 0 aromatic heterocycles. The second-order valence-electron chi connectivity index (χ2n) is 3.22. The highest BCUT2D eigenvalue weighted by atomic mass is 32.2. The summed E-state index contributed by atoms with van der Waals surface area (Å²) in [5.41, 5.74) is 1.21. The summed E-state index contributed by atoms with van der Waals surface area (Å²) in [6.45, 7) is 1.83. The largest absolute Gasteiger partial charge is 0.370 e.